The predicted molar refractivity (Wildman–Crippen MR) is 107 cm³/mol. The normalized spacial score (nSPS) is 21.2. The largest absolute Gasteiger partial charge is 0.365 e. The van der Waals surface area contributed by atoms with Gasteiger partial charge in [-0.15, -0.1) is 0 Å². The van der Waals surface area contributed by atoms with Crippen LogP contribution in [0.3, 0.4) is 0 Å². The van der Waals surface area contributed by atoms with Gasteiger partial charge in [0.2, 0.25) is 0 Å². The number of primary amides is 1. The molecule has 0 saturated heterocycles. The number of hydrogen-bond acceptors (Lipinski definition) is 3. The van der Waals surface area contributed by atoms with Gasteiger partial charge in [0.25, 0.3) is 11.8 Å². The van der Waals surface area contributed by atoms with Crippen LogP contribution in [0.2, 0.25) is 0 Å². The molecule has 2 heterocycles. The Kier molecular flexibility index (Phi) is 4.79. The van der Waals surface area contributed by atoms with Gasteiger partial charge in [0.1, 0.15) is 11.5 Å². The fraction of sp³-hybridized carbons (Fsp3) is 0.476. The molecule has 4 rings (SSSR count). The molecule has 1 fully saturated rings. The number of rotatable bonds is 3. The van der Waals surface area contributed by atoms with Gasteiger partial charge in [-0.3, -0.25) is 9.48 Å². The Morgan fingerprint density at radius 3 is 2.55 bits per heavy atom. The lowest BCUT2D eigenvalue weighted by molar-refractivity contribution is -0.124. The molecule has 7 nitrogen and oxygen atoms in total. The van der Waals surface area contributed by atoms with Crippen molar-refractivity contribution in [3.8, 4) is 11.3 Å². The summed E-state index contributed by atoms with van der Waals surface area (Å²) in [6.07, 6.45) is -0.820. The van der Waals surface area contributed by atoms with Gasteiger partial charge in [-0.25, -0.2) is 18.0 Å². The van der Waals surface area contributed by atoms with Crippen LogP contribution in [0, 0.1) is 12.7 Å². The number of aromatic nitrogens is 2. The summed E-state index contributed by atoms with van der Waals surface area (Å²) in [5.41, 5.74) is 6.56. The van der Waals surface area contributed by atoms with E-state index in [1.54, 1.807) is 24.6 Å². The van der Waals surface area contributed by atoms with E-state index in [1.807, 2.05) is 6.92 Å². The number of benzene rings is 1. The smallest absolute Gasteiger partial charge is 0.318 e. The average Bonchev–Trinajstić information content (AvgIpc) is 2.99. The van der Waals surface area contributed by atoms with Crippen LogP contribution in [-0.2, 0) is 13.1 Å². The highest BCUT2D eigenvalue weighted by Gasteiger charge is 2.55. The van der Waals surface area contributed by atoms with E-state index in [2.05, 4.69) is 10.4 Å². The minimum atomic E-state index is -2.77. The quantitative estimate of drug-likeness (QED) is 0.776. The van der Waals surface area contributed by atoms with Crippen LogP contribution >= 0.6 is 0 Å². The third kappa shape index (κ3) is 3.75. The summed E-state index contributed by atoms with van der Waals surface area (Å²) in [4.78, 5) is 26.6. The van der Waals surface area contributed by atoms with Crippen molar-refractivity contribution in [1.82, 2.24) is 20.0 Å². The molecule has 0 bridgehead atoms. The Morgan fingerprint density at radius 1 is 1.29 bits per heavy atom. The molecule has 2 aromatic rings. The zero-order valence-electron chi connectivity index (χ0n) is 17.5. The van der Waals surface area contributed by atoms with Crippen molar-refractivity contribution in [2.75, 3.05) is 0 Å². The van der Waals surface area contributed by atoms with Crippen LogP contribution < -0.4 is 11.1 Å². The van der Waals surface area contributed by atoms with E-state index >= 15 is 0 Å². The minimum absolute atomic E-state index is 0.0466. The number of amides is 3. The van der Waals surface area contributed by atoms with Crippen molar-refractivity contribution in [2.24, 2.45) is 5.73 Å². The summed E-state index contributed by atoms with van der Waals surface area (Å²) in [7, 11) is 0. The fourth-order valence-electron chi connectivity index (χ4n) is 4.51. The Morgan fingerprint density at radius 2 is 1.97 bits per heavy atom. The third-order valence-corrected chi connectivity index (χ3v) is 5.99. The van der Waals surface area contributed by atoms with Gasteiger partial charge in [0.05, 0.1) is 35.9 Å². The van der Waals surface area contributed by atoms with Crippen molar-refractivity contribution in [2.45, 2.75) is 64.2 Å². The van der Waals surface area contributed by atoms with Gasteiger partial charge in [-0.1, -0.05) is 0 Å². The number of nitrogens with one attached hydrogen (secondary N) is 1. The number of urea groups is 1. The maximum atomic E-state index is 13.7. The Hall–Kier alpha value is -3.04. The summed E-state index contributed by atoms with van der Waals surface area (Å²) in [5, 5.41) is 7.21. The van der Waals surface area contributed by atoms with Crippen LogP contribution in [0.4, 0.5) is 18.0 Å². The first-order valence-corrected chi connectivity index (χ1v) is 10.0. The number of alkyl halides is 2. The van der Waals surface area contributed by atoms with Gasteiger partial charge in [-0.05, 0) is 44.5 Å². The highest BCUT2D eigenvalue weighted by Crippen LogP contribution is 2.45. The van der Waals surface area contributed by atoms with E-state index in [0.29, 0.717) is 29.1 Å². The number of aryl methyl sites for hydroxylation is 1. The van der Waals surface area contributed by atoms with Gasteiger partial charge >= 0.3 is 6.03 Å². The molecule has 1 aliphatic carbocycles. The van der Waals surface area contributed by atoms with E-state index in [4.69, 9.17) is 5.73 Å². The molecule has 0 radical (unpaired) electrons. The van der Waals surface area contributed by atoms with Crippen molar-refractivity contribution < 1.29 is 22.8 Å². The second kappa shape index (κ2) is 7.00. The number of nitrogens with zero attached hydrogens (tertiary/aromatic N) is 3. The molecule has 1 aliphatic heterocycles. The summed E-state index contributed by atoms with van der Waals surface area (Å²) in [6, 6.07) is 3.63. The highest BCUT2D eigenvalue weighted by molar-refractivity contribution is 6.00. The van der Waals surface area contributed by atoms with Crippen molar-refractivity contribution >= 4 is 11.9 Å². The number of nitrogens with two attached hydrogens (primary N) is 1. The van der Waals surface area contributed by atoms with Gasteiger partial charge in [-0.2, -0.15) is 5.10 Å². The number of hydrogen-bond donors (Lipinski definition) is 2. The van der Waals surface area contributed by atoms with Gasteiger partial charge < -0.3 is 16.0 Å². The molecule has 1 saturated carbocycles. The monoisotopic (exact) mass is 435 g/mol. The number of carbonyl (C=O) groups is 2. The molecule has 1 aromatic heterocycles. The molecule has 3 amide bonds. The second-order valence-corrected chi connectivity index (χ2v) is 8.86. The molecule has 10 heteroatoms. The lowest BCUT2D eigenvalue weighted by Gasteiger charge is -2.46. The number of fused-ring (bicyclic) bond motifs is 1. The molecule has 1 aromatic carbocycles. The zero-order chi connectivity index (χ0) is 22.7. The maximum Gasteiger partial charge on any atom is 0.318 e. The molecule has 0 spiro atoms. The maximum absolute atomic E-state index is 13.7. The molecule has 2 aliphatic rings. The number of halogens is 3. The van der Waals surface area contributed by atoms with Crippen molar-refractivity contribution in [1.29, 1.82) is 0 Å². The van der Waals surface area contributed by atoms with Crippen LogP contribution in [0.15, 0.2) is 18.2 Å². The third-order valence-electron chi connectivity index (χ3n) is 5.99. The lowest BCUT2D eigenvalue weighted by Crippen LogP contribution is -2.63. The van der Waals surface area contributed by atoms with Gasteiger partial charge in [0, 0.05) is 18.4 Å². The van der Waals surface area contributed by atoms with Crippen molar-refractivity contribution in [3.05, 3.63) is 40.8 Å². The molecule has 166 valence electrons. The van der Waals surface area contributed by atoms with E-state index in [0.717, 1.165) is 0 Å². The lowest BCUT2D eigenvalue weighted by atomic mass is 9.75. The summed E-state index contributed by atoms with van der Waals surface area (Å²) >= 11 is 0. The SMILES string of the molecule is Cc1cc(-c2nn3c(c2C(N)=O)CN(C(=O)NC2(C)CC(F)(F)C2)C(C)C3)ccc1F. The molecule has 31 heavy (non-hydrogen) atoms. The first kappa shape index (κ1) is 21.2. The Bertz CT molecular complexity index is 1070. The highest BCUT2D eigenvalue weighted by atomic mass is 19.3. The standard InChI is InChI=1S/C21H24F3N5O2/c1-11-6-13(4-5-14(11)22)17-16(18(25)30)15-8-28(12(2)7-29(15)27-17)19(31)26-20(3)9-21(23,24)10-20/h4-6,12H,7-10H2,1-3H3,(H2,25,30)(H,26,31). The molecular formula is C21H24F3N5O2. The van der Waals surface area contributed by atoms with Crippen LogP contribution in [0.5, 0.6) is 0 Å². The van der Waals surface area contributed by atoms with E-state index in [9.17, 15) is 22.8 Å². The summed E-state index contributed by atoms with van der Waals surface area (Å²) < 4.78 is 41.9. The average molecular weight is 435 g/mol. The fourth-order valence-corrected chi connectivity index (χ4v) is 4.51. The summed E-state index contributed by atoms with van der Waals surface area (Å²) in [5.74, 6) is -3.85. The molecule has 3 N–H and O–H groups in total. The Labute approximate surface area is 177 Å². The van der Waals surface area contributed by atoms with Gasteiger partial charge in [0.15, 0.2) is 0 Å². The second-order valence-electron chi connectivity index (χ2n) is 8.86. The van der Waals surface area contributed by atoms with Crippen LogP contribution in [-0.4, -0.2) is 44.1 Å². The molecular weight excluding hydrogens is 411 g/mol. The van der Waals surface area contributed by atoms with E-state index in [-0.39, 0.29) is 24.0 Å². The first-order valence-electron chi connectivity index (χ1n) is 10.0. The van der Waals surface area contributed by atoms with E-state index < -0.39 is 36.2 Å². The Balaban J connectivity index is 1.64. The predicted octanol–water partition coefficient (Wildman–Crippen LogP) is 3.20. The minimum Gasteiger partial charge on any atom is -0.365 e. The van der Waals surface area contributed by atoms with Crippen LogP contribution in [0.25, 0.3) is 11.3 Å². The van der Waals surface area contributed by atoms with E-state index in [1.165, 1.54) is 17.0 Å². The summed E-state index contributed by atoms with van der Waals surface area (Å²) in [6.45, 7) is 5.36. The number of carbonyl (C=O) groups excluding carboxylic acids is 2. The topological polar surface area (TPSA) is 93.2 Å². The zero-order valence-corrected chi connectivity index (χ0v) is 17.5. The van der Waals surface area contributed by atoms with Crippen LogP contribution in [0.1, 0.15) is 48.3 Å². The first-order chi connectivity index (χ1) is 14.4. The molecule has 1 unspecified atom stereocenters. The van der Waals surface area contributed by atoms with Crippen molar-refractivity contribution in [3.63, 3.8) is 0 Å². The molecule has 1 atom stereocenters.